The fourth-order valence-electron chi connectivity index (χ4n) is 1.96. The highest BCUT2D eigenvalue weighted by molar-refractivity contribution is 7.15. The summed E-state index contributed by atoms with van der Waals surface area (Å²) in [6.45, 7) is 6.93. The minimum absolute atomic E-state index is 0.672. The summed E-state index contributed by atoms with van der Waals surface area (Å²) in [7, 11) is 0. The lowest BCUT2D eigenvalue weighted by Crippen LogP contribution is -2.01. The lowest BCUT2D eigenvalue weighted by molar-refractivity contribution is 0.970. The predicted octanol–water partition coefficient (Wildman–Crippen LogP) is 3.31. The third-order valence-electron chi connectivity index (χ3n) is 2.98. The van der Waals surface area contributed by atoms with E-state index in [2.05, 4.69) is 42.3 Å². The van der Waals surface area contributed by atoms with Crippen molar-refractivity contribution < 1.29 is 0 Å². The van der Waals surface area contributed by atoms with Crippen LogP contribution in [0.25, 0.3) is 0 Å². The highest BCUT2D eigenvalue weighted by Gasteiger charge is 2.09. The Balaban J connectivity index is 2.26. The van der Waals surface area contributed by atoms with Gasteiger partial charge < -0.3 is 11.1 Å². The van der Waals surface area contributed by atoms with Crippen LogP contribution in [-0.4, -0.2) is 11.5 Å². The fraction of sp³-hybridized carbons (Fsp3) is 0.357. The summed E-state index contributed by atoms with van der Waals surface area (Å²) in [5.41, 5.74) is 10.3. The molecule has 96 valence electrons. The average molecular weight is 261 g/mol. The first-order valence-corrected chi connectivity index (χ1v) is 6.93. The van der Waals surface area contributed by atoms with Crippen molar-refractivity contribution in [3.63, 3.8) is 0 Å². The van der Waals surface area contributed by atoms with Crippen LogP contribution >= 0.6 is 11.3 Å². The molecule has 3 N–H and O–H groups in total. The Kier molecular flexibility index (Phi) is 3.99. The monoisotopic (exact) mass is 261 g/mol. The lowest BCUT2D eigenvalue weighted by atomic mass is 10.1. The first-order chi connectivity index (χ1) is 8.61. The van der Waals surface area contributed by atoms with Crippen molar-refractivity contribution >= 4 is 22.2 Å². The molecule has 0 radical (unpaired) electrons. The number of benzene rings is 1. The van der Waals surface area contributed by atoms with Gasteiger partial charge in [-0.1, -0.05) is 18.2 Å². The van der Waals surface area contributed by atoms with Crippen LogP contribution in [0.5, 0.6) is 0 Å². The molecule has 0 unspecified atom stereocenters. The summed E-state index contributed by atoms with van der Waals surface area (Å²) >= 11 is 1.69. The molecule has 0 saturated carbocycles. The first-order valence-electron chi connectivity index (χ1n) is 6.11. The van der Waals surface area contributed by atoms with Crippen molar-refractivity contribution in [1.82, 2.24) is 4.98 Å². The topological polar surface area (TPSA) is 50.9 Å². The normalized spacial score (nSPS) is 10.7. The molecule has 2 rings (SSSR count). The van der Waals surface area contributed by atoms with E-state index in [4.69, 9.17) is 5.73 Å². The smallest absolute Gasteiger partial charge is 0.187 e. The number of hydrogen-bond donors (Lipinski definition) is 2. The predicted molar refractivity (Wildman–Crippen MR) is 78.8 cm³/mol. The van der Waals surface area contributed by atoms with Gasteiger partial charge in [0, 0.05) is 10.6 Å². The van der Waals surface area contributed by atoms with Gasteiger partial charge >= 0.3 is 0 Å². The van der Waals surface area contributed by atoms with Gasteiger partial charge in [0.1, 0.15) is 0 Å². The van der Waals surface area contributed by atoms with Crippen molar-refractivity contribution in [2.45, 2.75) is 27.2 Å². The molecule has 1 heterocycles. The van der Waals surface area contributed by atoms with E-state index in [1.165, 1.54) is 16.0 Å². The molecule has 0 bridgehead atoms. The van der Waals surface area contributed by atoms with Crippen LogP contribution in [0, 0.1) is 20.8 Å². The number of thiazole rings is 1. The second-order valence-corrected chi connectivity index (χ2v) is 5.54. The quantitative estimate of drug-likeness (QED) is 0.887. The van der Waals surface area contributed by atoms with Gasteiger partial charge in [0.25, 0.3) is 0 Å². The van der Waals surface area contributed by atoms with Crippen LogP contribution in [0.2, 0.25) is 0 Å². The van der Waals surface area contributed by atoms with Gasteiger partial charge in [-0.25, -0.2) is 4.98 Å². The van der Waals surface area contributed by atoms with E-state index in [-0.39, 0.29) is 0 Å². The summed E-state index contributed by atoms with van der Waals surface area (Å²) in [4.78, 5) is 5.83. The van der Waals surface area contributed by atoms with Crippen molar-refractivity contribution in [2.75, 3.05) is 11.9 Å². The largest absolute Gasteiger partial charge is 0.331 e. The molecule has 0 spiro atoms. The van der Waals surface area contributed by atoms with Gasteiger partial charge in [-0.2, -0.15) is 0 Å². The maximum Gasteiger partial charge on any atom is 0.187 e. The Morgan fingerprint density at radius 3 is 2.50 bits per heavy atom. The van der Waals surface area contributed by atoms with Crippen molar-refractivity contribution in [3.8, 4) is 0 Å². The zero-order valence-electron chi connectivity index (χ0n) is 11.1. The summed E-state index contributed by atoms with van der Waals surface area (Å²) in [6.07, 6.45) is 0.901. The fourth-order valence-corrected chi connectivity index (χ4v) is 2.95. The average Bonchev–Trinajstić information content (AvgIpc) is 2.66. The minimum atomic E-state index is 0.672. The van der Waals surface area contributed by atoms with Crippen LogP contribution in [0.15, 0.2) is 18.2 Å². The molecule has 4 heteroatoms. The molecule has 2 aromatic rings. The third kappa shape index (κ3) is 2.71. The maximum absolute atomic E-state index is 5.60. The van der Waals surface area contributed by atoms with E-state index in [9.17, 15) is 0 Å². The number of nitrogens with zero attached hydrogens (tertiary/aromatic N) is 1. The van der Waals surface area contributed by atoms with Crippen molar-refractivity contribution in [2.24, 2.45) is 5.73 Å². The molecule has 1 aromatic heterocycles. The Morgan fingerprint density at radius 1 is 1.22 bits per heavy atom. The molecule has 18 heavy (non-hydrogen) atoms. The van der Waals surface area contributed by atoms with E-state index in [1.54, 1.807) is 11.3 Å². The highest BCUT2D eigenvalue weighted by atomic mass is 32.1. The second-order valence-electron chi connectivity index (χ2n) is 4.46. The van der Waals surface area contributed by atoms with Crippen LogP contribution in [0.1, 0.15) is 21.7 Å². The maximum atomic E-state index is 5.60. The molecular formula is C14H19N3S. The first kappa shape index (κ1) is 13.1. The molecule has 1 aromatic carbocycles. The summed E-state index contributed by atoms with van der Waals surface area (Å²) in [5, 5.41) is 4.38. The Bertz CT molecular complexity index is 526. The van der Waals surface area contributed by atoms with Crippen LogP contribution < -0.4 is 11.1 Å². The van der Waals surface area contributed by atoms with E-state index in [1.807, 2.05) is 6.92 Å². The highest BCUT2D eigenvalue weighted by Crippen LogP contribution is 2.29. The summed E-state index contributed by atoms with van der Waals surface area (Å²) < 4.78 is 0. The van der Waals surface area contributed by atoms with Gasteiger partial charge in [0.05, 0.1) is 5.69 Å². The SMILES string of the molecule is Cc1cccc(C)c1Nc1nc(C)c(CCN)s1. The Labute approximate surface area is 112 Å². The number of aryl methyl sites for hydroxylation is 3. The van der Waals surface area contributed by atoms with Crippen LogP contribution in [0.4, 0.5) is 10.8 Å². The minimum Gasteiger partial charge on any atom is -0.331 e. The molecular weight excluding hydrogens is 242 g/mol. The molecule has 3 nitrogen and oxygen atoms in total. The van der Waals surface area contributed by atoms with E-state index in [0.717, 1.165) is 22.9 Å². The summed E-state index contributed by atoms with van der Waals surface area (Å²) in [5.74, 6) is 0. The van der Waals surface area contributed by atoms with Gasteiger partial charge in [0.15, 0.2) is 5.13 Å². The third-order valence-corrected chi connectivity index (χ3v) is 4.11. The Hall–Kier alpha value is -1.39. The van der Waals surface area contributed by atoms with Crippen molar-refractivity contribution in [3.05, 3.63) is 39.9 Å². The van der Waals surface area contributed by atoms with Crippen LogP contribution in [0.3, 0.4) is 0 Å². The van der Waals surface area contributed by atoms with E-state index in [0.29, 0.717) is 6.54 Å². The number of aromatic nitrogens is 1. The molecule has 0 aliphatic heterocycles. The molecule has 0 fully saturated rings. The van der Waals surface area contributed by atoms with Crippen LogP contribution in [-0.2, 0) is 6.42 Å². The Morgan fingerprint density at radius 2 is 1.89 bits per heavy atom. The standard InChI is InChI=1S/C14H19N3S/c1-9-5-4-6-10(2)13(9)17-14-16-11(3)12(18-14)7-8-15/h4-6H,7-8,15H2,1-3H3,(H,16,17). The van der Waals surface area contributed by atoms with Crippen molar-refractivity contribution in [1.29, 1.82) is 0 Å². The molecule has 0 atom stereocenters. The molecule has 0 saturated heterocycles. The van der Waals surface area contributed by atoms with E-state index < -0.39 is 0 Å². The number of anilines is 2. The number of nitrogens with one attached hydrogen (secondary N) is 1. The van der Waals surface area contributed by atoms with Gasteiger partial charge in [-0.15, -0.1) is 11.3 Å². The van der Waals surface area contributed by atoms with Gasteiger partial charge in [-0.3, -0.25) is 0 Å². The zero-order chi connectivity index (χ0) is 13.1. The van der Waals surface area contributed by atoms with Gasteiger partial charge in [0.2, 0.25) is 0 Å². The zero-order valence-corrected chi connectivity index (χ0v) is 11.9. The molecule has 0 aliphatic carbocycles. The lowest BCUT2D eigenvalue weighted by Gasteiger charge is -2.09. The molecule has 0 amide bonds. The number of hydrogen-bond acceptors (Lipinski definition) is 4. The molecule has 0 aliphatic rings. The number of rotatable bonds is 4. The van der Waals surface area contributed by atoms with E-state index >= 15 is 0 Å². The second kappa shape index (κ2) is 5.50. The number of para-hydroxylation sites is 1. The summed E-state index contributed by atoms with van der Waals surface area (Å²) in [6, 6.07) is 6.29. The number of nitrogens with two attached hydrogens (primary N) is 1. The van der Waals surface area contributed by atoms with Gasteiger partial charge in [-0.05, 0) is 44.9 Å².